The summed E-state index contributed by atoms with van der Waals surface area (Å²) in [6.45, 7) is 0. The number of pyridine rings is 1. The number of nitrogens with one attached hydrogen (secondary N) is 1. The van der Waals surface area contributed by atoms with Crippen LogP contribution in [0.5, 0.6) is 0 Å². The number of fused-ring (bicyclic) bond motifs is 1. The van der Waals surface area contributed by atoms with Gasteiger partial charge in [0.15, 0.2) is 0 Å². The maximum absolute atomic E-state index is 11.8. The summed E-state index contributed by atoms with van der Waals surface area (Å²) in [6.07, 6.45) is 5.70. The van der Waals surface area contributed by atoms with Crippen molar-refractivity contribution in [3.05, 3.63) is 28.8 Å². The van der Waals surface area contributed by atoms with Crippen molar-refractivity contribution in [2.75, 3.05) is 0 Å². The molecule has 4 nitrogen and oxygen atoms in total. The van der Waals surface area contributed by atoms with Crippen LogP contribution in [-0.4, -0.2) is 14.8 Å². The fourth-order valence-corrected chi connectivity index (χ4v) is 1.60. The molecule has 0 saturated heterocycles. The summed E-state index contributed by atoms with van der Waals surface area (Å²) in [5.74, 6) is 0. The molecule has 0 atom stereocenters. The van der Waals surface area contributed by atoms with E-state index in [-0.39, 0.29) is 5.56 Å². The van der Waals surface area contributed by atoms with Gasteiger partial charge in [-0.1, -0.05) is 0 Å². The molecule has 0 spiro atoms. The van der Waals surface area contributed by atoms with Crippen LogP contribution in [0, 0.1) is 0 Å². The van der Waals surface area contributed by atoms with Gasteiger partial charge in [0.05, 0.1) is 17.1 Å². The van der Waals surface area contributed by atoms with E-state index in [9.17, 15) is 4.79 Å². The number of hydrogen-bond acceptors (Lipinski definition) is 2. The van der Waals surface area contributed by atoms with Crippen LogP contribution >= 0.6 is 0 Å². The van der Waals surface area contributed by atoms with Gasteiger partial charge in [0.25, 0.3) is 5.56 Å². The Morgan fingerprint density at radius 2 is 2.38 bits per heavy atom. The van der Waals surface area contributed by atoms with Gasteiger partial charge in [-0.3, -0.25) is 9.89 Å². The Balaban J connectivity index is 2.37. The van der Waals surface area contributed by atoms with E-state index in [0.29, 0.717) is 11.4 Å². The molecule has 4 heteroatoms. The van der Waals surface area contributed by atoms with E-state index >= 15 is 0 Å². The molecule has 1 aliphatic carbocycles. The maximum atomic E-state index is 11.8. The Bertz CT molecular complexity index is 507. The molecule has 0 amide bonds. The van der Waals surface area contributed by atoms with Gasteiger partial charge >= 0.3 is 0 Å². The average Bonchev–Trinajstić information content (AvgIpc) is 2.83. The first-order valence-corrected chi connectivity index (χ1v) is 4.40. The number of rotatable bonds is 1. The molecule has 2 heterocycles. The van der Waals surface area contributed by atoms with Gasteiger partial charge in [-0.15, -0.1) is 0 Å². The second-order valence-electron chi connectivity index (χ2n) is 3.46. The minimum Gasteiger partial charge on any atom is -0.312 e. The van der Waals surface area contributed by atoms with Crippen molar-refractivity contribution in [2.45, 2.75) is 18.9 Å². The molecule has 1 aliphatic rings. The minimum atomic E-state index is 0.0775. The molecule has 1 N–H and O–H groups in total. The molecule has 13 heavy (non-hydrogen) atoms. The van der Waals surface area contributed by atoms with Gasteiger partial charge in [-0.2, -0.15) is 5.10 Å². The molecule has 66 valence electrons. The lowest BCUT2D eigenvalue weighted by Gasteiger charge is -2.01. The zero-order chi connectivity index (χ0) is 8.84. The molecule has 3 rings (SSSR count). The summed E-state index contributed by atoms with van der Waals surface area (Å²) in [6, 6.07) is 2.34. The van der Waals surface area contributed by atoms with E-state index in [2.05, 4.69) is 10.2 Å². The summed E-state index contributed by atoms with van der Waals surface area (Å²) in [7, 11) is 0. The Kier molecular flexibility index (Phi) is 1.17. The van der Waals surface area contributed by atoms with Crippen LogP contribution in [0.3, 0.4) is 0 Å². The normalized spacial score (nSPS) is 16.6. The average molecular weight is 175 g/mol. The van der Waals surface area contributed by atoms with E-state index in [4.69, 9.17) is 0 Å². The fourth-order valence-electron chi connectivity index (χ4n) is 1.60. The van der Waals surface area contributed by atoms with Gasteiger partial charge in [0, 0.05) is 12.2 Å². The largest absolute Gasteiger partial charge is 0.312 e. The van der Waals surface area contributed by atoms with Crippen LogP contribution in [0.15, 0.2) is 23.3 Å². The Morgan fingerprint density at radius 1 is 1.54 bits per heavy atom. The summed E-state index contributed by atoms with van der Waals surface area (Å²) < 4.78 is 1.80. The van der Waals surface area contributed by atoms with Crippen molar-refractivity contribution in [1.82, 2.24) is 14.8 Å². The summed E-state index contributed by atoms with van der Waals surface area (Å²) in [4.78, 5) is 11.8. The van der Waals surface area contributed by atoms with Crippen molar-refractivity contribution >= 4 is 10.9 Å². The highest BCUT2D eigenvalue weighted by Gasteiger charge is 2.24. The van der Waals surface area contributed by atoms with Crippen LogP contribution < -0.4 is 5.56 Å². The van der Waals surface area contributed by atoms with Crippen LogP contribution in [0.1, 0.15) is 18.9 Å². The molecule has 0 unspecified atom stereocenters. The summed E-state index contributed by atoms with van der Waals surface area (Å²) in [5, 5.41) is 7.32. The lowest BCUT2D eigenvalue weighted by Crippen LogP contribution is -2.17. The van der Waals surface area contributed by atoms with Crippen molar-refractivity contribution in [1.29, 1.82) is 0 Å². The first-order valence-electron chi connectivity index (χ1n) is 4.40. The highest BCUT2D eigenvalue weighted by Crippen LogP contribution is 2.33. The third kappa shape index (κ3) is 0.915. The molecule has 2 aromatic rings. The lowest BCUT2D eigenvalue weighted by molar-refractivity contribution is 0.714. The van der Waals surface area contributed by atoms with Crippen molar-refractivity contribution < 1.29 is 0 Å². The SMILES string of the molecule is O=c1c2cn[nH]c2ccn1C1CC1. The number of aromatic nitrogens is 3. The molecule has 0 aliphatic heterocycles. The van der Waals surface area contributed by atoms with Gasteiger partial charge in [-0.05, 0) is 18.9 Å². The van der Waals surface area contributed by atoms with E-state index in [1.807, 2.05) is 12.3 Å². The highest BCUT2D eigenvalue weighted by atomic mass is 16.1. The Labute approximate surface area is 74.2 Å². The quantitative estimate of drug-likeness (QED) is 0.704. The number of H-pyrrole nitrogens is 1. The van der Waals surface area contributed by atoms with Gasteiger partial charge in [0.2, 0.25) is 0 Å². The molecule has 0 bridgehead atoms. The third-order valence-electron chi connectivity index (χ3n) is 2.48. The van der Waals surface area contributed by atoms with Crippen LogP contribution in [0.2, 0.25) is 0 Å². The monoisotopic (exact) mass is 175 g/mol. The molecule has 0 radical (unpaired) electrons. The van der Waals surface area contributed by atoms with Crippen LogP contribution in [0.4, 0.5) is 0 Å². The van der Waals surface area contributed by atoms with Crippen LogP contribution in [0.25, 0.3) is 10.9 Å². The van der Waals surface area contributed by atoms with Crippen LogP contribution in [-0.2, 0) is 0 Å². The topological polar surface area (TPSA) is 50.7 Å². The second-order valence-corrected chi connectivity index (χ2v) is 3.46. The Morgan fingerprint density at radius 3 is 3.15 bits per heavy atom. The zero-order valence-electron chi connectivity index (χ0n) is 7.03. The van der Waals surface area contributed by atoms with Gasteiger partial charge in [0.1, 0.15) is 0 Å². The van der Waals surface area contributed by atoms with E-state index in [0.717, 1.165) is 18.4 Å². The first-order chi connectivity index (χ1) is 6.36. The molecule has 0 aromatic carbocycles. The number of hydrogen-bond donors (Lipinski definition) is 1. The predicted octanol–water partition coefficient (Wildman–Crippen LogP) is 1.06. The molecule has 1 saturated carbocycles. The Hall–Kier alpha value is -1.58. The van der Waals surface area contributed by atoms with E-state index < -0.39 is 0 Å². The first kappa shape index (κ1) is 6.88. The molecule has 1 fully saturated rings. The molecular formula is C9H9N3O. The lowest BCUT2D eigenvalue weighted by atomic mass is 10.3. The minimum absolute atomic E-state index is 0.0775. The third-order valence-corrected chi connectivity index (χ3v) is 2.48. The second kappa shape index (κ2) is 2.22. The summed E-state index contributed by atoms with van der Waals surface area (Å²) >= 11 is 0. The van der Waals surface area contributed by atoms with E-state index in [1.165, 1.54) is 0 Å². The van der Waals surface area contributed by atoms with Gasteiger partial charge in [-0.25, -0.2) is 0 Å². The molecular weight excluding hydrogens is 166 g/mol. The number of aromatic amines is 1. The predicted molar refractivity (Wildman–Crippen MR) is 48.6 cm³/mol. The van der Waals surface area contributed by atoms with Crippen molar-refractivity contribution in [2.24, 2.45) is 0 Å². The standard InChI is InChI=1S/C9H9N3O/c13-9-7-5-10-11-8(7)3-4-12(9)6-1-2-6/h3-6H,1-2H2,(H,10,11). The smallest absolute Gasteiger partial charge is 0.261 e. The summed E-state index contributed by atoms with van der Waals surface area (Å²) in [5.41, 5.74) is 0.899. The van der Waals surface area contributed by atoms with Crippen molar-refractivity contribution in [3.8, 4) is 0 Å². The fraction of sp³-hybridized carbons (Fsp3) is 0.333. The van der Waals surface area contributed by atoms with E-state index in [1.54, 1.807) is 10.8 Å². The number of nitrogens with zero attached hydrogens (tertiary/aromatic N) is 2. The highest BCUT2D eigenvalue weighted by molar-refractivity contribution is 5.76. The van der Waals surface area contributed by atoms with Crippen molar-refractivity contribution in [3.63, 3.8) is 0 Å². The van der Waals surface area contributed by atoms with Gasteiger partial charge < -0.3 is 4.57 Å². The molecule has 2 aromatic heterocycles. The maximum Gasteiger partial charge on any atom is 0.261 e. The zero-order valence-corrected chi connectivity index (χ0v) is 7.03.